The molecule has 196 valence electrons. The van der Waals surface area contributed by atoms with E-state index < -0.39 is 16.6 Å². The van der Waals surface area contributed by atoms with E-state index in [4.69, 9.17) is 0 Å². The van der Waals surface area contributed by atoms with Crippen molar-refractivity contribution in [2.24, 2.45) is 35.5 Å². The molecule has 0 saturated heterocycles. The minimum atomic E-state index is -0.678. The summed E-state index contributed by atoms with van der Waals surface area (Å²) in [5.41, 5.74) is 4.07. The standard InChI is InChI=1S/C34H52Si2/c1-5-6-11-24-18-19-27(21-24)35(3)36(4)34-23(2)20-31-32(34)22-26-14-10-16-29(26)33(31)30-17-9-13-25-12-7-8-15-28(25)30/h7-9,12-13,15,17,23-24,26-27,29,31-36H,5-6,10-11,14,16,18-22H2,1-4H3. The Morgan fingerprint density at radius 3 is 2.50 bits per heavy atom. The van der Waals surface area contributed by atoms with Crippen molar-refractivity contribution in [3.63, 3.8) is 0 Å². The average molecular weight is 517 g/mol. The average Bonchev–Trinajstić information content (AvgIpc) is 3.63. The lowest BCUT2D eigenvalue weighted by Crippen LogP contribution is -2.43. The van der Waals surface area contributed by atoms with Gasteiger partial charge in [-0.2, -0.15) is 0 Å². The Labute approximate surface area is 225 Å². The molecule has 4 fully saturated rings. The summed E-state index contributed by atoms with van der Waals surface area (Å²) in [4.78, 5) is 0. The zero-order valence-corrected chi connectivity index (χ0v) is 26.0. The molecule has 2 aromatic rings. The number of fused-ring (bicyclic) bond motifs is 3. The van der Waals surface area contributed by atoms with E-state index in [0.717, 1.165) is 47.0 Å². The van der Waals surface area contributed by atoms with Crippen molar-refractivity contribution in [3.05, 3.63) is 48.0 Å². The molecule has 6 rings (SSSR count). The maximum absolute atomic E-state index is 2.90. The first-order valence-corrected chi connectivity index (χ1v) is 22.3. The van der Waals surface area contributed by atoms with Crippen LogP contribution in [-0.4, -0.2) is 16.6 Å². The Hall–Kier alpha value is -0.866. The van der Waals surface area contributed by atoms with Crippen LogP contribution in [0.1, 0.15) is 96.0 Å². The first-order chi connectivity index (χ1) is 17.6. The van der Waals surface area contributed by atoms with Gasteiger partial charge in [0.1, 0.15) is 0 Å². The molecule has 0 nitrogen and oxygen atoms in total. The van der Waals surface area contributed by atoms with Gasteiger partial charge in [-0.1, -0.05) is 126 Å². The predicted molar refractivity (Wildman–Crippen MR) is 163 cm³/mol. The Kier molecular flexibility index (Phi) is 7.57. The van der Waals surface area contributed by atoms with Crippen LogP contribution >= 0.6 is 0 Å². The van der Waals surface area contributed by atoms with Crippen LogP contribution in [0, 0.1) is 35.5 Å². The van der Waals surface area contributed by atoms with Crippen LogP contribution in [0.2, 0.25) is 24.2 Å². The van der Waals surface area contributed by atoms with E-state index >= 15 is 0 Å². The Morgan fingerprint density at radius 1 is 0.806 bits per heavy atom. The van der Waals surface area contributed by atoms with Crippen LogP contribution in [0.3, 0.4) is 0 Å². The molecule has 2 aromatic carbocycles. The first-order valence-electron chi connectivity index (χ1n) is 16.0. The van der Waals surface area contributed by atoms with Crippen LogP contribution < -0.4 is 0 Å². The van der Waals surface area contributed by atoms with Gasteiger partial charge in [0.15, 0.2) is 0 Å². The summed E-state index contributed by atoms with van der Waals surface area (Å²) in [6.07, 6.45) is 16.9. The van der Waals surface area contributed by atoms with Crippen molar-refractivity contribution in [2.45, 2.75) is 115 Å². The van der Waals surface area contributed by atoms with Gasteiger partial charge >= 0.3 is 0 Å². The molecule has 0 aliphatic heterocycles. The molecule has 11 atom stereocenters. The number of unbranched alkanes of at least 4 members (excludes halogenated alkanes) is 1. The summed E-state index contributed by atoms with van der Waals surface area (Å²) >= 11 is 0. The van der Waals surface area contributed by atoms with E-state index in [0.29, 0.717) is 0 Å². The normalized spacial score (nSPS) is 39.7. The van der Waals surface area contributed by atoms with E-state index in [9.17, 15) is 0 Å². The van der Waals surface area contributed by atoms with Gasteiger partial charge in [0.2, 0.25) is 0 Å². The van der Waals surface area contributed by atoms with Gasteiger partial charge in [-0.15, -0.1) is 0 Å². The lowest BCUT2D eigenvalue weighted by atomic mass is 9.61. The summed E-state index contributed by atoms with van der Waals surface area (Å²) in [5.74, 6) is 6.91. The van der Waals surface area contributed by atoms with Crippen molar-refractivity contribution < 1.29 is 0 Å². The molecule has 0 aromatic heterocycles. The van der Waals surface area contributed by atoms with E-state index in [1.807, 2.05) is 0 Å². The van der Waals surface area contributed by atoms with E-state index in [2.05, 4.69) is 69.4 Å². The van der Waals surface area contributed by atoms with Crippen molar-refractivity contribution in [3.8, 4) is 0 Å². The quantitative estimate of drug-likeness (QED) is 0.321. The van der Waals surface area contributed by atoms with E-state index in [-0.39, 0.29) is 0 Å². The van der Waals surface area contributed by atoms with Gasteiger partial charge < -0.3 is 0 Å². The molecule has 2 heteroatoms. The largest absolute Gasteiger partial charge is 0.0739 e. The molecule has 0 amide bonds. The van der Waals surface area contributed by atoms with Crippen molar-refractivity contribution >= 4 is 27.4 Å². The van der Waals surface area contributed by atoms with Crippen LogP contribution in [-0.2, 0) is 0 Å². The summed E-state index contributed by atoms with van der Waals surface area (Å²) in [6.45, 7) is 10.9. The van der Waals surface area contributed by atoms with Crippen LogP contribution in [0.5, 0.6) is 0 Å². The third-order valence-corrected chi connectivity index (χ3v) is 26.5. The first kappa shape index (κ1) is 25.4. The molecule has 36 heavy (non-hydrogen) atoms. The van der Waals surface area contributed by atoms with Crippen molar-refractivity contribution in [1.82, 2.24) is 0 Å². The number of rotatable bonds is 7. The van der Waals surface area contributed by atoms with Crippen molar-refractivity contribution in [2.75, 3.05) is 0 Å². The monoisotopic (exact) mass is 516 g/mol. The molecule has 4 aliphatic carbocycles. The summed E-state index contributed by atoms with van der Waals surface area (Å²) in [6, 6.07) is 16.6. The zero-order valence-electron chi connectivity index (χ0n) is 23.7. The van der Waals surface area contributed by atoms with Crippen molar-refractivity contribution in [1.29, 1.82) is 0 Å². The fraction of sp³-hybridized carbons (Fsp3) is 0.706. The second-order valence-corrected chi connectivity index (χ2v) is 25.6. The Balaban J connectivity index is 1.27. The molecule has 4 saturated carbocycles. The fourth-order valence-corrected chi connectivity index (χ4v) is 24.0. The molecule has 11 unspecified atom stereocenters. The van der Waals surface area contributed by atoms with Crippen LogP contribution in [0.15, 0.2) is 42.5 Å². The van der Waals surface area contributed by atoms with Gasteiger partial charge in [0.05, 0.1) is 0 Å². The third-order valence-electron chi connectivity index (χ3n) is 12.5. The van der Waals surface area contributed by atoms with Gasteiger partial charge in [-0.25, -0.2) is 0 Å². The molecule has 0 N–H and O–H groups in total. The van der Waals surface area contributed by atoms with Gasteiger partial charge in [0.25, 0.3) is 0 Å². The minimum absolute atomic E-state index is 0.604. The highest BCUT2D eigenvalue weighted by Crippen LogP contribution is 2.64. The summed E-state index contributed by atoms with van der Waals surface area (Å²) in [5, 5.41) is 3.04. The number of hydrogen-bond donors (Lipinski definition) is 0. The molecular weight excluding hydrogens is 465 g/mol. The highest BCUT2D eigenvalue weighted by atomic mass is 29.2. The van der Waals surface area contributed by atoms with Gasteiger partial charge in [0, 0.05) is 16.6 Å². The highest BCUT2D eigenvalue weighted by molar-refractivity contribution is 7.22. The molecule has 0 spiro atoms. The Morgan fingerprint density at radius 2 is 1.64 bits per heavy atom. The highest BCUT2D eigenvalue weighted by Gasteiger charge is 2.55. The molecule has 0 radical (unpaired) electrons. The number of hydrogen-bond acceptors (Lipinski definition) is 0. The van der Waals surface area contributed by atoms with E-state index in [1.54, 1.807) is 36.6 Å². The van der Waals surface area contributed by atoms with Gasteiger partial charge in [-0.05, 0) is 82.6 Å². The zero-order chi connectivity index (χ0) is 24.8. The van der Waals surface area contributed by atoms with E-state index in [1.165, 1.54) is 55.9 Å². The predicted octanol–water partition coefficient (Wildman–Crippen LogP) is 9.54. The van der Waals surface area contributed by atoms with Gasteiger partial charge in [-0.3, -0.25) is 0 Å². The number of benzene rings is 2. The SMILES string of the molecule is CCCCC1CCC([SiH](C)[SiH](C)C2C(C)CC3C2CC2CCCC2C3c2cccc3ccccc23)C1. The maximum Gasteiger partial charge on any atom is 0.0288 e. The smallest absolute Gasteiger partial charge is 0.0288 e. The second-order valence-electron chi connectivity index (χ2n) is 14.1. The maximum atomic E-state index is 2.90. The molecule has 0 heterocycles. The topological polar surface area (TPSA) is 0 Å². The molecule has 0 bridgehead atoms. The Bertz CT molecular complexity index is 1030. The summed E-state index contributed by atoms with van der Waals surface area (Å²) < 4.78 is 0. The lowest BCUT2D eigenvalue weighted by molar-refractivity contribution is 0.123. The second kappa shape index (κ2) is 10.7. The van der Waals surface area contributed by atoms with Crippen LogP contribution in [0.4, 0.5) is 0 Å². The van der Waals surface area contributed by atoms with Crippen LogP contribution in [0.25, 0.3) is 10.8 Å². The molecule has 4 aliphatic rings. The lowest BCUT2D eigenvalue weighted by Gasteiger charge is -2.46. The third kappa shape index (κ3) is 4.51. The minimum Gasteiger partial charge on any atom is -0.0739 e. The molecular formula is C34H52Si2. The summed E-state index contributed by atoms with van der Waals surface area (Å²) in [7, 11) is -1.28. The fourth-order valence-electron chi connectivity index (χ4n) is 10.7.